The molecule has 0 amide bonds. The first-order chi connectivity index (χ1) is 14.8. The molecule has 3 aromatic rings. The summed E-state index contributed by atoms with van der Waals surface area (Å²) in [6.45, 7) is 6.38. The minimum atomic E-state index is 0.680. The molecule has 0 saturated carbocycles. The molecule has 0 spiro atoms. The zero-order valence-electron chi connectivity index (χ0n) is 17.5. The van der Waals surface area contributed by atoms with Crippen LogP contribution in [0.4, 0.5) is 0 Å². The van der Waals surface area contributed by atoms with Crippen molar-refractivity contribution in [3.8, 4) is 0 Å². The topological polar surface area (TPSA) is 45.5 Å². The molecule has 0 saturated heterocycles. The van der Waals surface area contributed by atoms with E-state index >= 15 is 0 Å². The Kier molecular flexibility index (Phi) is 6.60. The van der Waals surface area contributed by atoms with Gasteiger partial charge in [0.1, 0.15) is 0 Å². The smallest absolute Gasteiger partial charge is 0.194 e. The van der Waals surface area contributed by atoms with E-state index in [1.165, 1.54) is 22.3 Å². The molecule has 30 heavy (non-hydrogen) atoms. The maximum Gasteiger partial charge on any atom is 0.194 e. The van der Waals surface area contributed by atoms with Gasteiger partial charge >= 0.3 is 0 Å². The van der Waals surface area contributed by atoms with Crippen LogP contribution < -0.4 is 5.32 Å². The van der Waals surface area contributed by atoms with Crippen LogP contribution in [-0.4, -0.2) is 40.0 Å². The van der Waals surface area contributed by atoms with E-state index in [1.807, 2.05) is 18.7 Å². The van der Waals surface area contributed by atoms with Gasteiger partial charge in [-0.1, -0.05) is 60.7 Å². The van der Waals surface area contributed by atoms with Crippen LogP contribution in [0.1, 0.15) is 30.0 Å². The van der Waals surface area contributed by atoms with Crippen molar-refractivity contribution in [2.75, 3.05) is 19.6 Å². The van der Waals surface area contributed by atoms with Crippen LogP contribution >= 0.6 is 0 Å². The normalized spacial score (nSPS) is 14.5. The molecular weight excluding hydrogens is 370 g/mol. The van der Waals surface area contributed by atoms with Crippen molar-refractivity contribution in [2.45, 2.75) is 26.4 Å². The molecule has 4 rings (SSSR count). The first-order valence-electron chi connectivity index (χ1n) is 10.6. The molecule has 154 valence electrons. The van der Waals surface area contributed by atoms with E-state index in [-0.39, 0.29) is 0 Å². The SMILES string of the molecule is CCNC(=NCc1ccc(Cn2ccnc2)cc1)N1CC=C(c2ccccc2)CC1. The lowest BCUT2D eigenvalue weighted by molar-refractivity contribution is 0.440. The van der Waals surface area contributed by atoms with Crippen molar-refractivity contribution < 1.29 is 0 Å². The predicted molar refractivity (Wildman–Crippen MR) is 123 cm³/mol. The number of aromatic nitrogens is 2. The number of hydrogen-bond donors (Lipinski definition) is 1. The maximum atomic E-state index is 4.90. The van der Waals surface area contributed by atoms with E-state index in [2.05, 4.69) is 87.4 Å². The summed E-state index contributed by atoms with van der Waals surface area (Å²) in [4.78, 5) is 11.3. The highest BCUT2D eigenvalue weighted by atomic mass is 15.3. The molecule has 1 aliphatic heterocycles. The van der Waals surface area contributed by atoms with Crippen molar-refractivity contribution in [3.05, 3.63) is 96.1 Å². The van der Waals surface area contributed by atoms with E-state index in [9.17, 15) is 0 Å². The highest BCUT2D eigenvalue weighted by Gasteiger charge is 2.16. The summed E-state index contributed by atoms with van der Waals surface area (Å²) in [6.07, 6.45) is 9.01. The summed E-state index contributed by atoms with van der Waals surface area (Å²) in [5, 5.41) is 3.45. The fourth-order valence-electron chi connectivity index (χ4n) is 3.71. The van der Waals surface area contributed by atoms with Crippen molar-refractivity contribution in [1.29, 1.82) is 0 Å². The average Bonchev–Trinajstić information content (AvgIpc) is 3.31. The van der Waals surface area contributed by atoms with Gasteiger partial charge in [0, 0.05) is 38.6 Å². The van der Waals surface area contributed by atoms with E-state index in [0.717, 1.165) is 38.6 Å². The Morgan fingerprint density at radius 2 is 1.87 bits per heavy atom. The third-order valence-electron chi connectivity index (χ3n) is 5.35. The number of hydrogen-bond acceptors (Lipinski definition) is 2. The van der Waals surface area contributed by atoms with Gasteiger partial charge in [-0.3, -0.25) is 0 Å². The van der Waals surface area contributed by atoms with Crippen LogP contribution in [0.2, 0.25) is 0 Å². The van der Waals surface area contributed by atoms with Crippen molar-refractivity contribution in [3.63, 3.8) is 0 Å². The summed E-state index contributed by atoms with van der Waals surface area (Å²) < 4.78 is 2.07. The number of nitrogens with one attached hydrogen (secondary N) is 1. The lowest BCUT2D eigenvalue weighted by atomic mass is 10.00. The molecular formula is C25H29N5. The van der Waals surface area contributed by atoms with Crippen molar-refractivity contribution in [1.82, 2.24) is 19.8 Å². The second kappa shape index (κ2) is 9.92. The summed E-state index contributed by atoms with van der Waals surface area (Å²) in [7, 11) is 0. The highest BCUT2D eigenvalue weighted by Crippen LogP contribution is 2.22. The zero-order valence-corrected chi connectivity index (χ0v) is 17.5. The quantitative estimate of drug-likeness (QED) is 0.499. The van der Waals surface area contributed by atoms with Gasteiger partial charge in [-0.05, 0) is 35.6 Å². The molecule has 0 unspecified atom stereocenters. The molecule has 1 aromatic heterocycles. The third-order valence-corrected chi connectivity index (χ3v) is 5.35. The van der Waals surface area contributed by atoms with Crippen LogP contribution in [0.15, 0.2) is 84.4 Å². The van der Waals surface area contributed by atoms with Gasteiger partial charge in [0.25, 0.3) is 0 Å². The minimum absolute atomic E-state index is 0.680. The highest BCUT2D eigenvalue weighted by molar-refractivity contribution is 5.81. The van der Waals surface area contributed by atoms with Crippen molar-refractivity contribution >= 4 is 11.5 Å². The Labute approximate surface area is 178 Å². The molecule has 0 fully saturated rings. The number of guanidine groups is 1. The average molecular weight is 400 g/mol. The number of benzene rings is 2. The summed E-state index contributed by atoms with van der Waals surface area (Å²) in [6, 6.07) is 19.4. The van der Waals surface area contributed by atoms with Gasteiger partial charge in [0.05, 0.1) is 12.9 Å². The van der Waals surface area contributed by atoms with Crippen LogP contribution in [0.25, 0.3) is 5.57 Å². The Morgan fingerprint density at radius 1 is 1.07 bits per heavy atom. The second-order valence-electron chi connectivity index (χ2n) is 7.51. The number of nitrogens with zero attached hydrogens (tertiary/aromatic N) is 4. The molecule has 0 aliphatic carbocycles. The molecule has 0 atom stereocenters. The predicted octanol–water partition coefficient (Wildman–Crippen LogP) is 4.19. The van der Waals surface area contributed by atoms with Crippen LogP contribution in [0, 0.1) is 0 Å². The summed E-state index contributed by atoms with van der Waals surface area (Å²) >= 11 is 0. The molecule has 1 N–H and O–H groups in total. The van der Waals surface area contributed by atoms with E-state index in [0.29, 0.717) is 6.54 Å². The third kappa shape index (κ3) is 5.17. The first kappa shape index (κ1) is 20.0. The van der Waals surface area contributed by atoms with Gasteiger partial charge in [-0.2, -0.15) is 0 Å². The van der Waals surface area contributed by atoms with E-state index in [4.69, 9.17) is 4.99 Å². The number of aliphatic imine (C=N–C) groups is 1. The summed E-state index contributed by atoms with van der Waals surface area (Å²) in [5.41, 5.74) is 5.24. The number of imidazole rings is 1. The second-order valence-corrected chi connectivity index (χ2v) is 7.51. The molecule has 1 aliphatic rings. The summed E-state index contributed by atoms with van der Waals surface area (Å²) in [5.74, 6) is 0.989. The van der Waals surface area contributed by atoms with Gasteiger partial charge in [0.2, 0.25) is 0 Å². The van der Waals surface area contributed by atoms with Gasteiger partial charge < -0.3 is 14.8 Å². The molecule has 2 heterocycles. The lowest BCUT2D eigenvalue weighted by Crippen LogP contribution is -2.43. The Bertz CT molecular complexity index is 972. The molecule has 5 heteroatoms. The van der Waals surface area contributed by atoms with Crippen molar-refractivity contribution in [2.24, 2.45) is 4.99 Å². The Balaban J connectivity index is 1.38. The fraction of sp³-hybridized carbons (Fsp3) is 0.280. The van der Waals surface area contributed by atoms with Crippen LogP contribution in [0.5, 0.6) is 0 Å². The fourth-order valence-corrected chi connectivity index (χ4v) is 3.71. The van der Waals surface area contributed by atoms with E-state index < -0.39 is 0 Å². The van der Waals surface area contributed by atoms with Gasteiger partial charge in [-0.15, -0.1) is 0 Å². The van der Waals surface area contributed by atoms with E-state index in [1.54, 1.807) is 0 Å². The van der Waals surface area contributed by atoms with Crippen LogP contribution in [-0.2, 0) is 13.1 Å². The zero-order chi connectivity index (χ0) is 20.6. The number of rotatable bonds is 6. The van der Waals surface area contributed by atoms with Gasteiger partial charge in [0.15, 0.2) is 5.96 Å². The monoisotopic (exact) mass is 399 g/mol. The standard InChI is InChI=1S/C25H29N5/c1-2-27-25(30-15-12-24(13-16-30)23-6-4-3-5-7-23)28-18-21-8-10-22(11-9-21)19-29-17-14-26-20-29/h3-12,14,17,20H,2,13,15-16,18-19H2,1H3,(H,27,28). The Hall–Kier alpha value is -3.34. The maximum absolute atomic E-state index is 4.90. The minimum Gasteiger partial charge on any atom is -0.356 e. The largest absolute Gasteiger partial charge is 0.356 e. The molecule has 2 aromatic carbocycles. The first-order valence-corrected chi connectivity index (χ1v) is 10.6. The molecule has 0 radical (unpaired) electrons. The molecule has 0 bridgehead atoms. The Morgan fingerprint density at radius 3 is 2.53 bits per heavy atom. The van der Waals surface area contributed by atoms with Crippen LogP contribution in [0.3, 0.4) is 0 Å². The van der Waals surface area contributed by atoms with Gasteiger partial charge in [-0.25, -0.2) is 9.98 Å². The lowest BCUT2D eigenvalue weighted by Gasteiger charge is -2.30. The molecule has 5 nitrogen and oxygen atoms in total.